The van der Waals surface area contributed by atoms with Crippen LogP contribution in [0, 0.1) is 0 Å². The summed E-state index contributed by atoms with van der Waals surface area (Å²) in [6.45, 7) is 5.09. The number of nitrogens with one attached hydrogen (secondary N) is 1. The van der Waals surface area contributed by atoms with Gasteiger partial charge >= 0.3 is 0 Å². The van der Waals surface area contributed by atoms with Gasteiger partial charge in [-0.25, -0.2) is 8.42 Å². The highest BCUT2D eigenvalue weighted by molar-refractivity contribution is 7.89. The van der Waals surface area contributed by atoms with Crippen LogP contribution in [0.15, 0.2) is 53.4 Å². The lowest BCUT2D eigenvalue weighted by molar-refractivity contribution is -0.117. The first kappa shape index (κ1) is 23.7. The smallest absolute Gasteiger partial charge is 0.243 e. The molecule has 0 bridgehead atoms. The molecule has 33 heavy (non-hydrogen) atoms. The van der Waals surface area contributed by atoms with Crippen LogP contribution in [0.25, 0.3) is 0 Å². The Bertz CT molecular complexity index is 1060. The number of ether oxygens (including phenoxy) is 1. The molecule has 1 N–H and O–H groups in total. The highest BCUT2D eigenvalue weighted by Crippen LogP contribution is 2.24. The van der Waals surface area contributed by atoms with E-state index in [4.69, 9.17) is 4.74 Å². The zero-order chi connectivity index (χ0) is 23.3. The Kier molecular flexibility index (Phi) is 7.64. The van der Waals surface area contributed by atoms with Gasteiger partial charge in [-0.3, -0.25) is 9.69 Å². The molecule has 0 unspecified atom stereocenters. The second-order valence-corrected chi connectivity index (χ2v) is 10.5. The Morgan fingerprint density at radius 3 is 2.52 bits per heavy atom. The number of rotatable bonds is 8. The van der Waals surface area contributed by atoms with E-state index in [1.165, 1.54) is 9.99 Å². The van der Waals surface area contributed by atoms with Crippen molar-refractivity contribution in [3.8, 4) is 0 Å². The molecule has 0 radical (unpaired) electrons. The van der Waals surface area contributed by atoms with E-state index in [1.807, 2.05) is 24.1 Å². The Hall–Kier alpha value is -2.46. The first-order valence-corrected chi connectivity index (χ1v) is 12.9. The van der Waals surface area contributed by atoms with Crippen molar-refractivity contribution in [2.24, 2.45) is 0 Å². The number of likely N-dealkylation sites (N-methyl/N-ethyl adjacent to an activating group) is 1. The number of morpholine rings is 1. The summed E-state index contributed by atoms with van der Waals surface area (Å²) in [7, 11) is -1.61. The molecular weight excluding hydrogens is 440 g/mol. The van der Waals surface area contributed by atoms with Crippen molar-refractivity contribution in [3.63, 3.8) is 0 Å². The molecule has 2 heterocycles. The molecule has 4 rings (SSSR count). The zero-order valence-electron chi connectivity index (χ0n) is 19.1. The first-order valence-electron chi connectivity index (χ1n) is 11.4. The molecule has 2 aliphatic heterocycles. The molecule has 0 aliphatic carbocycles. The summed E-state index contributed by atoms with van der Waals surface area (Å²) in [5.41, 5.74) is 2.82. The number of amides is 1. The summed E-state index contributed by atoms with van der Waals surface area (Å²) in [5.74, 6) is -0.183. The SMILES string of the molecule is CN(CC(=O)Nc1cccc(S(=O)(=O)N2CCCC2)c1)Cc1ccccc1N1CCOCC1. The van der Waals surface area contributed by atoms with Gasteiger partial charge in [-0.2, -0.15) is 4.31 Å². The van der Waals surface area contributed by atoms with Crippen molar-refractivity contribution in [2.75, 3.05) is 63.2 Å². The highest BCUT2D eigenvalue weighted by Gasteiger charge is 2.27. The number of para-hydroxylation sites is 1. The van der Waals surface area contributed by atoms with Gasteiger partial charge in [-0.05, 0) is 49.7 Å². The van der Waals surface area contributed by atoms with Gasteiger partial charge < -0.3 is 15.0 Å². The lowest BCUT2D eigenvalue weighted by Gasteiger charge is -2.31. The van der Waals surface area contributed by atoms with Crippen LogP contribution in [0.4, 0.5) is 11.4 Å². The molecule has 8 nitrogen and oxygen atoms in total. The van der Waals surface area contributed by atoms with Gasteiger partial charge in [0.2, 0.25) is 15.9 Å². The number of carbonyl (C=O) groups is 1. The normalized spacial score (nSPS) is 17.5. The van der Waals surface area contributed by atoms with Gasteiger partial charge in [0.25, 0.3) is 0 Å². The predicted octanol–water partition coefficient (Wildman–Crippen LogP) is 2.38. The van der Waals surface area contributed by atoms with E-state index >= 15 is 0 Å². The van der Waals surface area contributed by atoms with Gasteiger partial charge in [-0.15, -0.1) is 0 Å². The van der Waals surface area contributed by atoms with Crippen LogP contribution in [0.1, 0.15) is 18.4 Å². The van der Waals surface area contributed by atoms with E-state index in [9.17, 15) is 13.2 Å². The maximum atomic E-state index is 12.8. The molecule has 2 saturated heterocycles. The fourth-order valence-corrected chi connectivity index (χ4v) is 5.92. The number of nitrogens with zero attached hydrogens (tertiary/aromatic N) is 3. The molecule has 178 valence electrons. The zero-order valence-corrected chi connectivity index (χ0v) is 19.9. The molecule has 9 heteroatoms. The van der Waals surface area contributed by atoms with E-state index in [-0.39, 0.29) is 17.3 Å². The lowest BCUT2D eigenvalue weighted by atomic mass is 10.1. The fourth-order valence-electron chi connectivity index (χ4n) is 4.36. The quantitative estimate of drug-likeness (QED) is 0.635. The van der Waals surface area contributed by atoms with E-state index in [1.54, 1.807) is 24.3 Å². The van der Waals surface area contributed by atoms with Gasteiger partial charge in [0.15, 0.2) is 0 Å². The van der Waals surface area contributed by atoms with E-state index in [0.29, 0.717) is 25.3 Å². The maximum Gasteiger partial charge on any atom is 0.243 e. The molecule has 2 aromatic carbocycles. The van der Waals surface area contributed by atoms with Crippen molar-refractivity contribution >= 4 is 27.3 Å². The van der Waals surface area contributed by atoms with E-state index in [2.05, 4.69) is 22.3 Å². The van der Waals surface area contributed by atoms with Crippen molar-refractivity contribution in [2.45, 2.75) is 24.3 Å². The van der Waals surface area contributed by atoms with Crippen molar-refractivity contribution < 1.29 is 17.9 Å². The van der Waals surface area contributed by atoms with Crippen LogP contribution >= 0.6 is 0 Å². The molecule has 2 fully saturated rings. The number of sulfonamides is 1. The predicted molar refractivity (Wildman–Crippen MR) is 129 cm³/mol. The third-order valence-corrected chi connectivity index (χ3v) is 7.91. The largest absolute Gasteiger partial charge is 0.378 e. The second-order valence-electron chi connectivity index (χ2n) is 8.59. The Morgan fingerprint density at radius 2 is 1.76 bits per heavy atom. The summed E-state index contributed by atoms with van der Waals surface area (Å²) in [6, 6.07) is 14.8. The molecular formula is C24H32N4O4S. The minimum Gasteiger partial charge on any atom is -0.378 e. The summed E-state index contributed by atoms with van der Waals surface area (Å²) >= 11 is 0. The van der Waals surface area contributed by atoms with Crippen molar-refractivity contribution in [1.82, 2.24) is 9.21 Å². The highest BCUT2D eigenvalue weighted by atomic mass is 32.2. The van der Waals surface area contributed by atoms with Crippen LogP contribution in [0.5, 0.6) is 0 Å². The van der Waals surface area contributed by atoms with Crippen molar-refractivity contribution in [3.05, 3.63) is 54.1 Å². The van der Waals surface area contributed by atoms with Gasteiger partial charge in [0, 0.05) is 44.1 Å². The third kappa shape index (κ3) is 5.92. The molecule has 0 aromatic heterocycles. The molecule has 0 saturated carbocycles. The number of hydrogen-bond acceptors (Lipinski definition) is 6. The van der Waals surface area contributed by atoms with Crippen LogP contribution in [-0.2, 0) is 26.1 Å². The molecule has 0 spiro atoms. The molecule has 1 amide bonds. The average Bonchev–Trinajstić information content (AvgIpc) is 3.36. The molecule has 2 aliphatic rings. The van der Waals surface area contributed by atoms with Crippen LogP contribution in [0.3, 0.4) is 0 Å². The summed E-state index contributed by atoms with van der Waals surface area (Å²) in [4.78, 5) is 17.2. The summed E-state index contributed by atoms with van der Waals surface area (Å²) in [5, 5.41) is 2.85. The third-order valence-electron chi connectivity index (χ3n) is 6.02. The average molecular weight is 473 g/mol. The lowest BCUT2D eigenvalue weighted by Crippen LogP contribution is -2.37. The van der Waals surface area contributed by atoms with Crippen LogP contribution < -0.4 is 10.2 Å². The van der Waals surface area contributed by atoms with Gasteiger partial charge in [-0.1, -0.05) is 24.3 Å². The van der Waals surface area contributed by atoms with E-state index in [0.717, 1.165) is 44.7 Å². The number of benzene rings is 2. The molecule has 2 aromatic rings. The fraction of sp³-hybridized carbons (Fsp3) is 0.458. The number of hydrogen-bond donors (Lipinski definition) is 1. The maximum absolute atomic E-state index is 12.8. The Balaban J connectivity index is 1.37. The summed E-state index contributed by atoms with van der Waals surface area (Å²) < 4.78 is 32.6. The number of carbonyl (C=O) groups excluding carboxylic acids is 1. The first-order chi connectivity index (χ1) is 15.9. The standard InChI is InChI=1S/C24H32N4O4S/c1-26(18-20-7-2-3-10-23(20)27-13-15-32-16-14-27)19-24(29)25-21-8-6-9-22(17-21)33(30,31)28-11-4-5-12-28/h2-3,6-10,17H,4-5,11-16,18-19H2,1H3,(H,25,29). The monoisotopic (exact) mass is 472 g/mol. The van der Waals surface area contributed by atoms with E-state index < -0.39 is 10.0 Å². The summed E-state index contributed by atoms with van der Waals surface area (Å²) in [6.07, 6.45) is 1.77. The minimum absolute atomic E-state index is 0.183. The van der Waals surface area contributed by atoms with Crippen molar-refractivity contribution in [1.29, 1.82) is 0 Å². The van der Waals surface area contributed by atoms with Gasteiger partial charge in [0.05, 0.1) is 24.7 Å². The number of anilines is 2. The topological polar surface area (TPSA) is 82.2 Å². The van der Waals surface area contributed by atoms with Crippen LogP contribution in [0.2, 0.25) is 0 Å². The second kappa shape index (κ2) is 10.6. The van der Waals surface area contributed by atoms with Gasteiger partial charge in [0.1, 0.15) is 0 Å². The molecule has 0 atom stereocenters. The minimum atomic E-state index is -3.52. The Morgan fingerprint density at radius 1 is 1.03 bits per heavy atom. The van der Waals surface area contributed by atoms with Crippen LogP contribution in [-0.4, -0.2) is 76.5 Å². The Labute approximate surface area is 196 Å².